The molecule has 2 rings (SSSR count). The number of sulfonamides is 1. The standard InChI is InChI=1S/C14H13ClN2O3S/c1-9(18)10-3-2-4-12(7-10)17-21(19,20)14-6-5-11(16)8-13(14)15/h2-8,17H,16H2,1H3. The quantitative estimate of drug-likeness (QED) is 0.668. The molecule has 0 aliphatic rings. The van der Waals surface area contributed by atoms with E-state index < -0.39 is 10.0 Å². The number of anilines is 2. The number of carbonyl (C=O) groups excluding carboxylic acids is 1. The van der Waals surface area contributed by atoms with E-state index in [-0.39, 0.29) is 21.4 Å². The molecule has 0 saturated heterocycles. The molecule has 21 heavy (non-hydrogen) atoms. The van der Waals surface area contributed by atoms with Crippen molar-refractivity contribution in [2.24, 2.45) is 0 Å². The van der Waals surface area contributed by atoms with E-state index in [1.54, 1.807) is 18.2 Å². The van der Waals surface area contributed by atoms with E-state index in [4.69, 9.17) is 17.3 Å². The highest BCUT2D eigenvalue weighted by Crippen LogP contribution is 2.26. The van der Waals surface area contributed by atoms with Crippen molar-refractivity contribution in [3.63, 3.8) is 0 Å². The number of rotatable bonds is 4. The van der Waals surface area contributed by atoms with E-state index in [0.717, 1.165) is 0 Å². The first-order chi connectivity index (χ1) is 9.79. The average molecular weight is 325 g/mol. The van der Waals surface area contributed by atoms with Crippen molar-refractivity contribution < 1.29 is 13.2 Å². The molecule has 0 fully saturated rings. The van der Waals surface area contributed by atoms with Gasteiger partial charge in [-0.3, -0.25) is 9.52 Å². The molecule has 0 saturated carbocycles. The predicted molar refractivity (Wildman–Crippen MR) is 83.1 cm³/mol. The van der Waals surface area contributed by atoms with Gasteiger partial charge < -0.3 is 5.73 Å². The highest BCUT2D eigenvalue weighted by atomic mass is 35.5. The van der Waals surface area contributed by atoms with Gasteiger partial charge in [-0.25, -0.2) is 8.42 Å². The maximum absolute atomic E-state index is 12.3. The Balaban J connectivity index is 2.37. The zero-order chi connectivity index (χ0) is 15.6. The minimum absolute atomic E-state index is 0.0326. The van der Waals surface area contributed by atoms with Crippen LogP contribution >= 0.6 is 11.6 Å². The van der Waals surface area contributed by atoms with Crippen molar-refractivity contribution >= 4 is 38.8 Å². The second-order valence-corrected chi connectivity index (χ2v) is 6.49. The van der Waals surface area contributed by atoms with Gasteiger partial charge in [0.15, 0.2) is 5.78 Å². The SMILES string of the molecule is CC(=O)c1cccc(NS(=O)(=O)c2ccc(N)cc2Cl)c1. The zero-order valence-electron chi connectivity index (χ0n) is 11.1. The van der Waals surface area contributed by atoms with Gasteiger partial charge >= 0.3 is 0 Å². The first-order valence-electron chi connectivity index (χ1n) is 5.98. The van der Waals surface area contributed by atoms with E-state index in [9.17, 15) is 13.2 Å². The number of carbonyl (C=O) groups is 1. The van der Waals surface area contributed by atoms with Gasteiger partial charge in [0.1, 0.15) is 4.90 Å². The minimum Gasteiger partial charge on any atom is -0.399 e. The smallest absolute Gasteiger partial charge is 0.263 e. The second-order valence-electron chi connectivity index (χ2n) is 4.43. The number of benzene rings is 2. The Bertz CT molecular complexity index is 804. The molecular weight excluding hydrogens is 312 g/mol. The van der Waals surface area contributed by atoms with Crippen LogP contribution in [-0.4, -0.2) is 14.2 Å². The van der Waals surface area contributed by atoms with E-state index in [1.807, 2.05) is 0 Å². The van der Waals surface area contributed by atoms with Gasteiger partial charge in [-0.2, -0.15) is 0 Å². The monoisotopic (exact) mass is 324 g/mol. The first kappa shape index (κ1) is 15.3. The summed E-state index contributed by atoms with van der Waals surface area (Å²) in [5, 5.41) is 0.0326. The van der Waals surface area contributed by atoms with Crippen LogP contribution in [0, 0.1) is 0 Å². The molecule has 0 amide bonds. The van der Waals surface area contributed by atoms with Gasteiger partial charge in [0.05, 0.1) is 5.02 Å². The summed E-state index contributed by atoms with van der Waals surface area (Å²) in [5.74, 6) is -0.151. The fourth-order valence-corrected chi connectivity index (χ4v) is 3.35. The van der Waals surface area contributed by atoms with Crippen LogP contribution in [0.25, 0.3) is 0 Å². The number of nitrogens with one attached hydrogen (secondary N) is 1. The fourth-order valence-electron chi connectivity index (χ4n) is 1.75. The number of hydrogen-bond acceptors (Lipinski definition) is 4. The summed E-state index contributed by atoms with van der Waals surface area (Å²) in [4.78, 5) is 11.2. The summed E-state index contributed by atoms with van der Waals surface area (Å²) in [5.41, 5.74) is 6.62. The third-order valence-corrected chi connectivity index (χ3v) is 4.63. The number of Topliss-reactive ketones (excluding diaryl/α,β-unsaturated/α-hetero) is 1. The van der Waals surface area contributed by atoms with Gasteiger partial charge in [-0.15, -0.1) is 0 Å². The highest BCUT2D eigenvalue weighted by Gasteiger charge is 2.18. The van der Waals surface area contributed by atoms with Crippen LogP contribution in [0.4, 0.5) is 11.4 Å². The summed E-state index contributed by atoms with van der Waals surface area (Å²) < 4.78 is 27.0. The van der Waals surface area contributed by atoms with E-state index in [2.05, 4.69) is 4.72 Å². The van der Waals surface area contributed by atoms with Crippen molar-refractivity contribution in [2.75, 3.05) is 10.5 Å². The molecule has 5 nitrogen and oxygen atoms in total. The maximum atomic E-state index is 12.3. The van der Waals surface area contributed by atoms with Gasteiger partial charge in [0.2, 0.25) is 0 Å². The van der Waals surface area contributed by atoms with Crippen LogP contribution in [0.5, 0.6) is 0 Å². The Hall–Kier alpha value is -2.05. The molecule has 0 unspecified atom stereocenters. The Morgan fingerprint density at radius 2 is 1.90 bits per heavy atom. The average Bonchev–Trinajstić information content (AvgIpc) is 2.37. The number of nitrogens with two attached hydrogens (primary N) is 1. The molecule has 0 atom stereocenters. The van der Waals surface area contributed by atoms with Crippen LogP contribution in [0.15, 0.2) is 47.4 Å². The normalized spacial score (nSPS) is 11.1. The zero-order valence-corrected chi connectivity index (χ0v) is 12.7. The summed E-state index contributed by atoms with van der Waals surface area (Å²) in [7, 11) is -3.85. The molecular formula is C14H13ClN2O3S. The summed E-state index contributed by atoms with van der Waals surface area (Å²) in [6.07, 6.45) is 0. The third kappa shape index (κ3) is 3.53. The van der Waals surface area contributed by atoms with E-state index in [1.165, 1.54) is 31.2 Å². The number of ketones is 1. The fraction of sp³-hybridized carbons (Fsp3) is 0.0714. The first-order valence-corrected chi connectivity index (χ1v) is 7.84. The Kier molecular flexibility index (Phi) is 4.20. The maximum Gasteiger partial charge on any atom is 0.263 e. The van der Waals surface area contributed by atoms with Gasteiger partial charge in [-0.1, -0.05) is 23.7 Å². The molecule has 2 aromatic rings. The lowest BCUT2D eigenvalue weighted by Gasteiger charge is -2.10. The van der Waals surface area contributed by atoms with Crippen LogP contribution in [0.2, 0.25) is 5.02 Å². The molecule has 0 aliphatic carbocycles. The van der Waals surface area contributed by atoms with E-state index in [0.29, 0.717) is 11.3 Å². The van der Waals surface area contributed by atoms with Gasteiger partial charge in [0, 0.05) is 16.9 Å². The molecule has 3 N–H and O–H groups in total. The molecule has 0 aliphatic heterocycles. The van der Waals surface area contributed by atoms with Gasteiger partial charge in [-0.05, 0) is 37.3 Å². The molecule has 2 aromatic carbocycles. The van der Waals surface area contributed by atoms with Crippen LogP contribution in [0.1, 0.15) is 17.3 Å². The number of nitrogen functional groups attached to an aromatic ring is 1. The lowest BCUT2D eigenvalue weighted by atomic mass is 10.1. The number of hydrogen-bond donors (Lipinski definition) is 2. The Morgan fingerprint density at radius 3 is 2.52 bits per heavy atom. The molecule has 0 spiro atoms. The van der Waals surface area contributed by atoms with Crippen molar-refractivity contribution in [3.8, 4) is 0 Å². The lowest BCUT2D eigenvalue weighted by Crippen LogP contribution is -2.14. The molecule has 0 bridgehead atoms. The highest BCUT2D eigenvalue weighted by molar-refractivity contribution is 7.92. The summed E-state index contributed by atoms with van der Waals surface area (Å²) >= 11 is 5.91. The molecule has 0 heterocycles. The minimum atomic E-state index is -3.85. The topological polar surface area (TPSA) is 89.3 Å². The van der Waals surface area contributed by atoms with Crippen LogP contribution < -0.4 is 10.5 Å². The van der Waals surface area contributed by atoms with Gasteiger partial charge in [0.25, 0.3) is 10.0 Å². The van der Waals surface area contributed by atoms with Crippen molar-refractivity contribution in [2.45, 2.75) is 11.8 Å². The van der Waals surface area contributed by atoms with Crippen LogP contribution in [0.3, 0.4) is 0 Å². The molecule has 110 valence electrons. The largest absolute Gasteiger partial charge is 0.399 e. The summed E-state index contributed by atoms with van der Waals surface area (Å²) in [6, 6.07) is 10.4. The predicted octanol–water partition coefficient (Wildman–Crippen LogP) is 2.93. The molecule has 0 radical (unpaired) electrons. The number of halogens is 1. The molecule has 0 aromatic heterocycles. The van der Waals surface area contributed by atoms with E-state index >= 15 is 0 Å². The third-order valence-electron chi connectivity index (χ3n) is 2.77. The second kappa shape index (κ2) is 5.75. The van der Waals surface area contributed by atoms with Crippen molar-refractivity contribution in [1.29, 1.82) is 0 Å². The summed E-state index contributed by atoms with van der Waals surface area (Å²) in [6.45, 7) is 1.41. The van der Waals surface area contributed by atoms with Crippen LogP contribution in [-0.2, 0) is 10.0 Å². The Labute approximate surface area is 127 Å². The lowest BCUT2D eigenvalue weighted by molar-refractivity contribution is 0.101. The molecule has 7 heteroatoms. The Morgan fingerprint density at radius 1 is 1.19 bits per heavy atom. The van der Waals surface area contributed by atoms with Crippen molar-refractivity contribution in [3.05, 3.63) is 53.1 Å². The van der Waals surface area contributed by atoms with Crippen molar-refractivity contribution in [1.82, 2.24) is 0 Å².